The number of likely N-dealkylation sites (N-methyl/N-ethyl adjacent to an activating group) is 1. The van der Waals surface area contributed by atoms with Crippen LogP contribution < -0.4 is 0 Å². The average molecular weight is 292 g/mol. The maximum atomic E-state index is 12.2. The Bertz CT molecular complexity index is 538. The highest BCUT2D eigenvalue weighted by Crippen LogP contribution is 2.30. The Labute approximate surface area is 123 Å². The van der Waals surface area contributed by atoms with E-state index in [-0.39, 0.29) is 24.6 Å². The lowest BCUT2D eigenvalue weighted by Gasteiger charge is -2.28. The third-order valence-corrected chi connectivity index (χ3v) is 4.02. The summed E-state index contributed by atoms with van der Waals surface area (Å²) in [6.45, 7) is 0.284. The van der Waals surface area contributed by atoms with Crippen LogP contribution in [0.4, 0.5) is 5.69 Å². The second-order valence-corrected chi connectivity index (χ2v) is 5.74. The second-order valence-electron chi connectivity index (χ2n) is 5.74. The summed E-state index contributed by atoms with van der Waals surface area (Å²) in [5.74, 6) is -0.218. The number of nitro benzene ring substituents is 1. The number of aliphatic hydroxyl groups is 1. The van der Waals surface area contributed by atoms with Gasteiger partial charge in [0.25, 0.3) is 5.69 Å². The molecule has 2 rings (SSSR count). The summed E-state index contributed by atoms with van der Waals surface area (Å²) in [5, 5.41) is 21.3. The van der Waals surface area contributed by atoms with Gasteiger partial charge in [-0.3, -0.25) is 14.9 Å². The quantitative estimate of drug-likeness (QED) is 0.663. The Kier molecular flexibility index (Phi) is 4.57. The monoisotopic (exact) mass is 292 g/mol. The summed E-state index contributed by atoms with van der Waals surface area (Å²) in [7, 11) is 1.63. The molecular formula is C15H20N2O4. The summed E-state index contributed by atoms with van der Waals surface area (Å²) < 4.78 is 0. The molecular weight excluding hydrogens is 272 g/mol. The van der Waals surface area contributed by atoms with Crippen molar-refractivity contribution in [1.29, 1.82) is 0 Å². The highest BCUT2D eigenvalue weighted by molar-refractivity contribution is 5.79. The molecule has 1 saturated carbocycles. The van der Waals surface area contributed by atoms with E-state index >= 15 is 0 Å². The molecule has 1 aliphatic carbocycles. The fourth-order valence-corrected chi connectivity index (χ4v) is 2.86. The van der Waals surface area contributed by atoms with E-state index in [0.29, 0.717) is 18.4 Å². The molecule has 1 fully saturated rings. The molecule has 0 saturated heterocycles. The normalized spacial score (nSPS) is 16.7. The van der Waals surface area contributed by atoms with Crippen LogP contribution in [0.25, 0.3) is 0 Å². The minimum atomic E-state index is -0.799. The molecule has 0 atom stereocenters. The summed E-state index contributed by atoms with van der Waals surface area (Å²) in [5.41, 5.74) is -0.441. The van der Waals surface area contributed by atoms with E-state index < -0.39 is 10.5 Å². The van der Waals surface area contributed by atoms with Crippen molar-refractivity contribution in [3.05, 3.63) is 39.9 Å². The van der Waals surface area contributed by atoms with Gasteiger partial charge in [0.1, 0.15) is 0 Å². The van der Waals surface area contributed by atoms with Gasteiger partial charge in [-0.2, -0.15) is 0 Å². The number of carbonyl (C=O) groups is 1. The number of hydrogen-bond donors (Lipinski definition) is 1. The van der Waals surface area contributed by atoms with E-state index in [2.05, 4.69) is 0 Å². The number of amides is 1. The maximum Gasteiger partial charge on any atom is 0.273 e. The van der Waals surface area contributed by atoms with Crippen LogP contribution in [-0.2, 0) is 11.2 Å². The van der Waals surface area contributed by atoms with Gasteiger partial charge in [-0.15, -0.1) is 0 Å². The third kappa shape index (κ3) is 3.78. The van der Waals surface area contributed by atoms with Gasteiger partial charge in [0.05, 0.1) is 16.9 Å². The number of carbonyl (C=O) groups excluding carboxylic acids is 1. The third-order valence-electron chi connectivity index (χ3n) is 4.02. The van der Waals surface area contributed by atoms with E-state index in [0.717, 1.165) is 12.8 Å². The van der Waals surface area contributed by atoms with Crippen LogP contribution >= 0.6 is 0 Å². The first-order valence-corrected chi connectivity index (χ1v) is 7.10. The average Bonchev–Trinajstić information content (AvgIpc) is 2.85. The van der Waals surface area contributed by atoms with Crippen molar-refractivity contribution < 1.29 is 14.8 Å². The van der Waals surface area contributed by atoms with E-state index in [9.17, 15) is 20.0 Å². The predicted molar refractivity (Wildman–Crippen MR) is 77.9 cm³/mol. The van der Waals surface area contributed by atoms with Crippen molar-refractivity contribution in [1.82, 2.24) is 4.90 Å². The Morgan fingerprint density at radius 1 is 1.38 bits per heavy atom. The minimum Gasteiger partial charge on any atom is -0.388 e. The molecule has 0 spiro atoms. The number of benzene rings is 1. The van der Waals surface area contributed by atoms with Crippen LogP contribution in [0.5, 0.6) is 0 Å². The Hall–Kier alpha value is -1.95. The summed E-state index contributed by atoms with van der Waals surface area (Å²) in [6.07, 6.45) is 3.33. The van der Waals surface area contributed by atoms with Crippen LogP contribution in [0, 0.1) is 10.1 Å². The molecule has 1 aromatic carbocycles. The number of nitro groups is 1. The second kappa shape index (κ2) is 6.22. The first-order valence-electron chi connectivity index (χ1n) is 7.10. The Balaban J connectivity index is 2.02. The zero-order valence-electron chi connectivity index (χ0n) is 12.1. The molecule has 0 heterocycles. The molecule has 6 heteroatoms. The van der Waals surface area contributed by atoms with E-state index in [1.54, 1.807) is 25.2 Å². The molecule has 1 aromatic rings. The van der Waals surface area contributed by atoms with Gasteiger partial charge in [0, 0.05) is 25.2 Å². The topological polar surface area (TPSA) is 83.7 Å². The standard InChI is InChI=1S/C15H20N2O4/c1-16(11-15(19)8-4-5-9-15)14(18)10-12-6-2-3-7-13(12)17(20)21/h2-3,6-7,19H,4-5,8-11H2,1H3. The number of para-hydroxylation sites is 1. The number of rotatable bonds is 5. The van der Waals surface area contributed by atoms with Crippen molar-refractivity contribution in [2.24, 2.45) is 0 Å². The van der Waals surface area contributed by atoms with Crippen LogP contribution in [0.3, 0.4) is 0 Å². The highest BCUT2D eigenvalue weighted by Gasteiger charge is 2.33. The van der Waals surface area contributed by atoms with Crippen molar-refractivity contribution in [3.63, 3.8) is 0 Å². The summed E-state index contributed by atoms with van der Waals surface area (Å²) in [4.78, 5) is 24.1. The summed E-state index contributed by atoms with van der Waals surface area (Å²) in [6, 6.07) is 6.25. The lowest BCUT2D eigenvalue weighted by atomic mass is 10.0. The van der Waals surface area contributed by atoms with Crippen LogP contribution in [0.15, 0.2) is 24.3 Å². The smallest absolute Gasteiger partial charge is 0.273 e. The Morgan fingerprint density at radius 2 is 2.00 bits per heavy atom. The fraction of sp³-hybridized carbons (Fsp3) is 0.533. The molecule has 0 unspecified atom stereocenters. The predicted octanol–water partition coefficient (Wildman–Crippen LogP) is 1.90. The lowest BCUT2D eigenvalue weighted by Crippen LogP contribution is -2.42. The number of hydrogen-bond acceptors (Lipinski definition) is 4. The highest BCUT2D eigenvalue weighted by atomic mass is 16.6. The van der Waals surface area contributed by atoms with Crippen molar-refractivity contribution in [2.45, 2.75) is 37.7 Å². The first-order chi connectivity index (χ1) is 9.91. The molecule has 0 aliphatic heterocycles. The van der Waals surface area contributed by atoms with Crippen molar-refractivity contribution in [2.75, 3.05) is 13.6 Å². The zero-order valence-corrected chi connectivity index (χ0v) is 12.1. The van der Waals surface area contributed by atoms with Crippen LogP contribution in [0.1, 0.15) is 31.2 Å². The number of nitrogens with zero attached hydrogens (tertiary/aromatic N) is 2. The van der Waals surface area contributed by atoms with Crippen molar-refractivity contribution in [3.8, 4) is 0 Å². The van der Waals surface area contributed by atoms with E-state index in [4.69, 9.17) is 0 Å². The molecule has 0 aromatic heterocycles. The maximum absolute atomic E-state index is 12.2. The Morgan fingerprint density at radius 3 is 2.62 bits per heavy atom. The van der Waals surface area contributed by atoms with Gasteiger partial charge in [-0.25, -0.2) is 0 Å². The van der Waals surface area contributed by atoms with Crippen molar-refractivity contribution >= 4 is 11.6 Å². The largest absolute Gasteiger partial charge is 0.388 e. The molecule has 0 bridgehead atoms. The fourth-order valence-electron chi connectivity index (χ4n) is 2.86. The molecule has 114 valence electrons. The van der Waals surface area contributed by atoms with Gasteiger partial charge >= 0.3 is 0 Å². The molecule has 1 N–H and O–H groups in total. The van der Waals surface area contributed by atoms with Gasteiger partial charge in [-0.05, 0) is 12.8 Å². The van der Waals surface area contributed by atoms with Crippen LogP contribution in [0.2, 0.25) is 0 Å². The van der Waals surface area contributed by atoms with Crippen LogP contribution in [-0.4, -0.2) is 40.0 Å². The van der Waals surface area contributed by atoms with Gasteiger partial charge < -0.3 is 10.0 Å². The molecule has 1 amide bonds. The SMILES string of the molecule is CN(CC1(O)CCCC1)C(=O)Cc1ccccc1[N+](=O)[O-]. The van der Waals surface area contributed by atoms with Gasteiger partial charge in [-0.1, -0.05) is 31.0 Å². The van der Waals surface area contributed by atoms with Gasteiger partial charge in [0.15, 0.2) is 0 Å². The molecule has 21 heavy (non-hydrogen) atoms. The molecule has 0 radical (unpaired) electrons. The van der Waals surface area contributed by atoms with E-state index in [1.165, 1.54) is 11.0 Å². The van der Waals surface area contributed by atoms with E-state index in [1.807, 2.05) is 0 Å². The molecule has 1 aliphatic rings. The first kappa shape index (κ1) is 15.4. The molecule has 6 nitrogen and oxygen atoms in total. The summed E-state index contributed by atoms with van der Waals surface area (Å²) >= 11 is 0. The minimum absolute atomic E-state index is 0.0241. The zero-order chi connectivity index (χ0) is 15.5. The lowest BCUT2D eigenvalue weighted by molar-refractivity contribution is -0.385. The van der Waals surface area contributed by atoms with Gasteiger partial charge in [0.2, 0.25) is 5.91 Å².